The minimum atomic E-state index is -1.77. The van der Waals surface area contributed by atoms with Gasteiger partial charge >= 0.3 is 30.0 Å². The van der Waals surface area contributed by atoms with Gasteiger partial charge < -0.3 is 79.2 Å². The smallest absolute Gasteiger partial charge is 0.407 e. The normalized spacial score (nSPS) is 23.3. The van der Waals surface area contributed by atoms with E-state index in [0.717, 1.165) is 155 Å². The highest BCUT2D eigenvalue weighted by Crippen LogP contribution is 2.29. The van der Waals surface area contributed by atoms with Crippen LogP contribution in [0.3, 0.4) is 0 Å². The number of aliphatic hydroxyl groups excluding tert-OH is 6. The molecule has 0 saturated carbocycles. The van der Waals surface area contributed by atoms with Gasteiger partial charge in [-0.2, -0.15) is 0 Å². The Morgan fingerprint density at radius 3 is 1.18 bits per heavy atom. The van der Waals surface area contributed by atoms with Crippen molar-refractivity contribution >= 4 is 35.9 Å². The molecule has 2 aliphatic heterocycles. The lowest BCUT2D eigenvalue weighted by atomic mass is 9.94. The van der Waals surface area contributed by atoms with Crippen molar-refractivity contribution in [2.45, 2.75) is 261 Å². The predicted octanol–water partition coefficient (Wildman–Crippen LogP) is 4.99. The van der Waals surface area contributed by atoms with Crippen molar-refractivity contribution in [1.29, 1.82) is 0 Å². The van der Waals surface area contributed by atoms with Crippen LogP contribution in [0.4, 0.5) is 4.79 Å². The third kappa shape index (κ3) is 31.6. The molecular weight excluding hydrogens is 997 g/mol. The van der Waals surface area contributed by atoms with E-state index in [1.165, 1.54) is 6.92 Å². The highest BCUT2D eigenvalue weighted by molar-refractivity contribution is 5.73. The van der Waals surface area contributed by atoms with Crippen molar-refractivity contribution in [3.8, 4) is 0 Å². The molecule has 0 aromatic carbocycles. The first-order valence-electron chi connectivity index (χ1n) is 28.4. The number of ether oxygens (including phenoxy) is 8. The summed E-state index contributed by atoms with van der Waals surface area (Å²) in [5.74, 6) is -1.37. The van der Waals surface area contributed by atoms with E-state index < -0.39 is 86.5 Å². The summed E-state index contributed by atoms with van der Waals surface area (Å²) >= 11 is 0. The lowest BCUT2D eigenvalue weighted by molar-refractivity contribution is -0.327. The molecule has 10 atom stereocenters. The summed E-state index contributed by atoms with van der Waals surface area (Å²) in [6, 6.07) is -2.83. The second-order valence-corrected chi connectivity index (χ2v) is 20.0. The minimum Gasteiger partial charge on any atom is -0.466 e. The summed E-state index contributed by atoms with van der Waals surface area (Å²) in [5.41, 5.74) is 0. The molecule has 0 radical (unpaired) electrons. The second kappa shape index (κ2) is 43.2. The molecule has 2 amide bonds. The van der Waals surface area contributed by atoms with E-state index >= 15 is 0 Å². The minimum absolute atomic E-state index is 0.0808. The molecule has 2 fully saturated rings. The van der Waals surface area contributed by atoms with E-state index in [-0.39, 0.29) is 30.5 Å². The number of rotatable bonds is 44. The number of carbonyl (C=O) groups is 6. The number of alkyl carbamates (subject to hydrolysis) is 1. The SMILES string of the molecule is CC(=O)N[C@@H]1C(O)[C@@H](O)C(CO)O[C@@H]1O[C@H]1C(CO)O[C@H](O)[C@H](NC(=O)OCCCCCCCCCCOC(=O)CCCCCCCCCCC(=O)OCCCCCCCCCCOC(=O)CCCCOC(C)=O)C1O. The van der Waals surface area contributed by atoms with Gasteiger partial charge in [0.05, 0.1) is 46.2 Å². The molecule has 2 aliphatic rings. The Balaban J connectivity index is 1.35. The van der Waals surface area contributed by atoms with Crippen LogP contribution >= 0.6 is 0 Å². The van der Waals surface area contributed by atoms with Crippen molar-refractivity contribution in [2.24, 2.45) is 0 Å². The largest absolute Gasteiger partial charge is 0.466 e. The average molecular weight is 1090 g/mol. The molecule has 2 saturated heterocycles. The molecule has 442 valence electrons. The van der Waals surface area contributed by atoms with Crippen LogP contribution in [0.2, 0.25) is 0 Å². The highest BCUT2D eigenvalue weighted by atomic mass is 16.7. The summed E-state index contributed by atoms with van der Waals surface area (Å²) in [5, 5.41) is 66.8. The zero-order valence-electron chi connectivity index (χ0n) is 45.6. The van der Waals surface area contributed by atoms with Gasteiger partial charge in [-0.15, -0.1) is 0 Å². The van der Waals surface area contributed by atoms with E-state index in [2.05, 4.69) is 10.6 Å². The van der Waals surface area contributed by atoms with Crippen molar-refractivity contribution in [3.05, 3.63) is 0 Å². The van der Waals surface area contributed by atoms with Crippen LogP contribution in [0.25, 0.3) is 0 Å². The predicted molar refractivity (Wildman–Crippen MR) is 276 cm³/mol. The number of hydrogen-bond donors (Lipinski definition) is 8. The van der Waals surface area contributed by atoms with Gasteiger partial charge in [-0.3, -0.25) is 24.0 Å². The standard InChI is InChI=1S/C54H96N2O20/c1-39(59)55-47-49(65)48(64)41(37-57)75-53(47)76-51-42(38-58)74-52(67)46(50(51)66)56-54(68)73-36-27-20-14-8-7-13-18-25-34-71-44(62)30-22-16-10-4-3-9-15-21-29-43(61)70-33-24-17-11-5-6-12-19-26-35-72-45(63)31-23-28-32-69-40(2)60/h41-42,46-53,57-58,64-67H,3-38H2,1-2H3,(H,55,59)(H,56,68)/t41?,42?,46-,47-,48+,49?,50?,51+,52+,53-/m1/s1. The van der Waals surface area contributed by atoms with Crippen LogP contribution in [-0.4, -0.2) is 174 Å². The van der Waals surface area contributed by atoms with Crippen LogP contribution in [0, 0.1) is 0 Å². The molecule has 2 heterocycles. The van der Waals surface area contributed by atoms with Gasteiger partial charge in [0.15, 0.2) is 12.6 Å². The molecule has 22 nitrogen and oxygen atoms in total. The molecule has 76 heavy (non-hydrogen) atoms. The lowest BCUT2D eigenvalue weighted by Crippen LogP contribution is -2.69. The maximum Gasteiger partial charge on any atom is 0.407 e. The molecule has 22 heteroatoms. The van der Waals surface area contributed by atoms with Crippen LogP contribution < -0.4 is 10.6 Å². The van der Waals surface area contributed by atoms with Crippen molar-refractivity contribution < 1.29 is 97.3 Å². The van der Waals surface area contributed by atoms with Crippen LogP contribution in [0.1, 0.15) is 200 Å². The van der Waals surface area contributed by atoms with Crippen molar-refractivity contribution in [1.82, 2.24) is 10.6 Å². The lowest BCUT2D eigenvalue weighted by Gasteiger charge is -2.47. The van der Waals surface area contributed by atoms with Crippen molar-refractivity contribution in [2.75, 3.05) is 46.2 Å². The molecule has 8 N–H and O–H groups in total. The Kier molecular flexibility index (Phi) is 38.8. The topological polar surface area (TPSA) is 322 Å². The van der Waals surface area contributed by atoms with Gasteiger partial charge in [0.2, 0.25) is 5.91 Å². The Labute approximate surface area is 450 Å². The third-order valence-electron chi connectivity index (χ3n) is 13.4. The summed E-state index contributed by atoms with van der Waals surface area (Å²) < 4.78 is 42.9. The zero-order chi connectivity index (χ0) is 55.8. The summed E-state index contributed by atoms with van der Waals surface area (Å²) in [6.45, 7) is 2.85. The van der Waals surface area contributed by atoms with Gasteiger partial charge in [0, 0.05) is 33.1 Å². The van der Waals surface area contributed by atoms with E-state index in [4.69, 9.17) is 37.9 Å². The molecule has 4 unspecified atom stereocenters. The summed E-state index contributed by atoms with van der Waals surface area (Å²) in [4.78, 5) is 71.1. The van der Waals surface area contributed by atoms with Crippen LogP contribution in [0.5, 0.6) is 0 Å². The number of nitrogens with one attached hydrogen (secondary N) is 2. The second-order valence-electron chi connectivity index (χ2n) is 20.0. The van der Waals surface area contributed by atoms with Gasteiger partial charge in [-0.1, -0.05) is 116 Å². The van der Waals surface area contributed by atoms with Crippen LogP contribution in [-0.2, 0) is 61.9 Å². The Hall–Kier alpha value is -3.74. The van der Waals surface area contributed by atoms with Gasteiger partial charge in [0.25, 0.3) is 0 Å². The number of hydrogen-bond acceptors (Lipinski definition) is 20. The first-order chi connectivity index (χ1) is 36.7. The Morgan fingerprint density at radius 2 is 0.776 bits per heavy atom. The fraction of sp³-hybridized carbons (Fsp3) is 0.889. The molecule has 0 aromatic heterocycles. The van der Waals surface area contributed by atoms with Crippen LogP contribution in [0.15, 0.2) is 0 Å². The van der Waals surface area contributed by atoms with E-state index in [9.17, 15) is 59.4 Å². The monoisotopic (exact) mass is 1090 g/mol. The molecule has 2 rings (SSSR count). The molecule has 0 bridgehead atoms. The van der Waals surface area contributed by atoms with E-state index in [1.807, 2.05) is 0 Å². The number of esters is 4. The quantitative estimate of drug-likeness (QED) is 0.0226. The van der Waals surface area contributed by atoms with E-state index in [0.29, 0.717) is 65.0 Å². The first kappa shape index (κ1) is 68.4. The third-order valence-corrected chi connectivity index (χ3v) is 13.4. The number of unbranched alkanes of at least 4 members (excludes halogenated alkanes) is 22. The number of amides is 2. The van der Waals surface area contributed by atoms with E-state index in [1.54, 1.807) is 0 Å². The summed E-state index contributed by atoms with van der Waals surface area (Å²) in [6.07, 6.45) is 12.8. The number of aliphatic hydroxyl groups is 6. The Bertz CT molecular complexity index is 1580. The molecule has 0 aromatic rings. The number of carbonyl (C=O) groups excluding carboxylic acids is 6. The molecule has 0 spiro atoms. The maximum atomic E-state index is 12.6. The fourth-order valence-corrected chi connectivity index (χ4v) is 8.98. The summed E-state index contributed by atoms with van der Waals surface area (Å²) in [7, 11) is 0. The van der Waals surface area contributed by atoms with Gasteiger partial charge in [-0.25, -0.2) is 4.79 Å². The first-order valence-corrected chi connectivity index (χ1v) is 28.4. The molecule has 0 aliphatic carbocycles. The average Bonchev–Trinajstić information content (AvgIpc) is 3.38. The fourth-order valence-electron chi connectivity index (χ4n) is 8.98. The van der Waals surface area contributed by atoms with Crippen molar-refractivity contribution in [3.63, 3.8) is 0 Å². The maximum absolute atomic E-state index is 12.6. The highest BCUT2D eigenvalue weighted by Gasteiger charge is 2.51. The zero-order valence-corrected chi connectivity index (χ0v) is 45.6. The van der Waals surface area contributed by atoms with Gasteiger partial charge in [0.1, 0.15) is 48.7 Å². The van der Waals surface area contributed by atoms with Gasteiger partial charge in [-0.05, 0) is 51.4 Å². The molecular formula is C54H96N2O20. The Morgan fingerprint density at radius 1 is 0.408 bits per heavy atom.